The molecule has 0 radical (unpaired) electrons. The first-order chi connectivity index (χ1) is 12.3. The Bertz CT molecular complexity index is 643. The zero-order valence-electron chi connectivity index (χ0n) is 16.2. The van der Waals surface area contributed by atoms with E-state index in [1.807, 2.05) is 26.8 Å². The van der Waals surface area contributed by atoms with Crippen molar-refractivity contribution in [3.8, 4) is 0 Å². The number of likely N-dealkylation sites (tertiary alicyclic amines) is 2. The molecule has 2 fully saturated rings. The third-order valence-corrected chi connectivity index (χ3v) is 5.41. The quantitative estimate of drug-likeness (QED) is 0.812. The zero-order valence-corrected chi connectivity index (χ0v) is 16.2. The van der Waals surface area contributed by atoms with E-state index < -0.39 is 5.60 Å². The molecule has 0 bridgehead atoms. The third kappa shape index (κ3) is 4.44. The number of piperidine rings is 2. The highest BCUT2D eigenvalue weighted by Crippen LogP contribution is 2.38. The number of hydrogen-bond acceptors (Lipinski definition) is 4. The van der Waals surface area contributed by atoms with E-state index in [1.165, 1.54) is 5.56 Å². The van der Waals surface area contributed by atoms with Crippen LogP contribution in [0.1, 0.15) is 45.6 Å². The normalized spacial score (nSPS) is 21.0. The summed E-state index contributed by atoms with van der Waals surface area (Å²) in [6.07, 6.45) is 1.78. The van der Waals surface area contributed by atoms with Crippen LogP contribution in [0.4, 0.5) is 4.79 Å². The average molecular weight is 358 g/mol. The van der Waals surface area contributed by atoms with Crippen LogP contribution in [0.25, 0.3) is 0 Å². The molecule has 5 heteroatoms. The van der Waals surface area contributed by atoms with E-state index in [2.05, 4.69) is 29.2 Å². The van der Waals surface area contributed by atoms with Crippen molar-refractivity contribution in [2.45, 2.75) is 52.2 Å². The van der Waals surface area contributed by atoms with E-state index in [-0.39, 0.29) is 11.5 Å². The minimum absolute atomic E-state index is 0.295. The molecule has 1 aromatic rings. The van der Waals surface area contributed by atoms with Crippen molar-refractivity contribution in [2.75, 3.05) is 26.2 Å². The van der Waals surface area contributed by atoms with Crippen molar-refractivity contribution in [3.63, 3.8) is 0 Å². The molecule has 2 heterocycles. The van der Waals surface area contributed by atoms with Crippen LogP contribution >= 0.6 is 0 Å². The molecule has 0 aliphatic carbocycles. The fourth-order valence-corrected chi connectivity index (χ4v) is 3.93. The SMILES string of the molecule is CC(C)(C)OC(=O)N1CCC(=O)C2(CCN(Cc3ccccc3)CC2)C1. The Hall–Kier alpha value is -1.88. The van der Waals surface area contributed by atoms with Crippen molar-refractivity contribution < 1.29 is 14.3 Å². The molecule has 3 rings (SSSR count). The second kappa shape index (κ2) is 7.39. The minimum atomic E-state index is -0.509. The van der Waals surface area contributed by atoms with Crippen LogP contribution in [0.2, 0.25) is 0 Å². The molecule has 142 valence electrons. The van der Waals surface area contributed by atoms with Gasteiger partial charge in [0.15, 0.2) is 0 Å². The average Bonchev–Trinajstić information content (AvgIpc) is 2.59. The fourth-order valence-electron chi connectivity index (χ4n) is 3.93. The lowest BCUT2D eigenvalue weighted by molar-refractivity contribution is -0.137. The number of carbonyl (C=O) groups is 2. The smallest absolute Gasteiger partial charge is 0.410 e. The Morgan fingerprint density at radius 1 is 1.12 bits per heavy atom. The summed E-state index contributed by atoms with van der Waals surface area (Å²) in [5.74, 6) is 0.316. The molecule has 0 saturated carbocycles. The minimum Gasteiger partial charge on any atom is -0.444 e. The van der Waals surface area contributed by atoms with Crippen LogP contribution in [0.5, 0.6) is 0 Å². The third-order valence-electron chi connectivity index (χ3n) is 5.41. The second-order valence-electron chi connectivity index (χ2n) is 8.62. The lowest BCUT2D eigenvalue weighted by atomic mass is 9.71. The maximum atomic E-state index is 12.7. The molecule has 1 aromatic carbocycles. The molecule has 0 atom stereocenters. The summed E-state index contributed by atoms with van der Waals surface area (Å²) in [6.45, 7) is 9.29. The van der Waals surface area contributed by atoms with Crippen molar-refractivity contribution in [1.29, 1.82) is 0 Å². The summed E-state index contributed by atoms with van der Waals surface area (Å²) >= 11 is 0. The number of benzene rings is 1. The van der Waals surface area contributed by atoms with Gasteiger partial charge in [-0.3, -0.25) is 9.69 Å². The van der Waals surface area contributed by atoms with E-state index in [1.54, 1.807) is 4.90 Å². The number of amides is 1. The number of carbonyl (C=O) groups excluding carboxylic acids is 2. The molecular weight excluding hydrogens is 328 g/mol. The molecule has 26 heavy (non-hydrogen) atoms. The predicted molar refractivity (Wildman–Crippen MR) is 101 cm³/mol. The molecule has 2 saturated heterocycles. The topological polar surface area (TPSA) is 49.9 Å². The summed E-state index contributed by atoms with van der Waals surface area (Å²) < 4.78 is 5.51. The van der Waals surface area contributed by atoms with E-state index in [4.69, 9.17) is 4.74 Å². The second-order valence-corrected chi connectivity index (χ2v) is 8.62. The standard InChI is InChI=1S/C21H30N2O3/c1-20(2,3)26-19(25)23-12-9-18(24)21(16-23)10-13-22(14-11-21)15-17-7-5-4-6-8-17/h4-8H,9-16H2,1-3H3. The van der Waals surface area contributed by atoms with Gasteiger partial charge in [-0.05, 0) is 52.3 Å². The van der Waals surface area contributed by atoms with Gasteiger partial charge in [0, 0.05) is 31.5 Å². The molecule has 2 aliphatic heterocycles. The largest absolute Gasteiger partial charge is 0.444 e. The molecule has 0 unspecified atom stereocenters. The number of Topliss-reactive ketones (excluding diaryl/α,β-unsaturated/α-hetero) is 1. The first-order valence-corrected chi connectivity index (χ1v) is 9.55. The lowest BCUT2D eigenvalue weighted by Crippen LogP contribution is -2.56. The highest BCUT2D eigenvalue weighted by Gasteiger charge is 2.46. The van der Waals surface area contributed by atoms with Crippen molar-refractivity contribution in [1.82, 2.24) is 9.80 Å². The van der Waals surface area contributed by atoms with E-state index in [9.17, 15) is 9.59 Å². The summed E-state index contributed by atoms with van der Waals surface area (Å²) in [5.41, 5.74) is 0.404. The first kappa shape index (κ1) is 18.9. The van der Waals surface area contributed by atoms with Gasteiger partial charge in [0.1, 0.15) is 11.4 Å². The number of ketones is 1. The number of rotatable bonds is 2. The monoisotopic (exact) mass is 358 g/mol. The van der Waals surface area contributed by atoms with Crippen molar-refractivity contribution in [3.05, 3.63) is 35.9 Å². The van der Waals surface area contributed by atoms with E-state index in [0.29, 0.717) is 25.3 Å². The summed E-state index contributed by atoms with van der Waals surface area (Å²) in [7, 11) is 0. The van der Waals surface area contributed by atoms with E-state index in [0.717, 1.165) is 32.5 Å². The Balaban J connectivity index is 1.60. The maximum Gasteiger partial charge on any atom is 0.410 e. The van der Waals surface area contributed by atoms with Gasteiger partial charge in [0.25, 0.3) is 0 Å². The first-order valence-electron chi connectivity index (χ1n) is 9.55. The molecule has 1 spiro atoms. The van der Waals surface area contributed by atoms with Crippen LogP contribution in [0.15, 0.2) is 30.3 Å². The molecule has 0 aromatic heterocycles. The van der Waals surface area contributed by atoms with Gasteiger partial charge in [0.05, 0.1) is 0 Å². The molecule has 5 nitrogen and oxygen atoms in total. The summed E-state index contributed by atoms with van der Waals surface area (Å²) in [4.78, 5) is 29.3. The van der Waals surface area contributed by atoms with Crippen molar-refractivity contribution >= 4 is 11.9 Å². The van der Waals surface area contributed by atoms with Crippen LogP contribution in [-0.4, -0.2) is 53.5 Å². The van der Waals surface area contributed by atoms with Gasteiger partial charge in [0.2, 0.25) is 0 Å². The molecular formula is C21H30N2O3. The van der Waals surface area contributed by atoms with Crippen molar-refractivity contribution in [2.24, 2.45) is 5.41 Å². The molecule has 2 aliphatic rings. The highest BCUT2D eigenvalue weighted by atomic mass is 16.6. The Morgan fingerprint density at radius 2 is 1.77 bits per heavy atom. The summed E-state index contributed by atoms with van der Waals surface area (Å²) in [5, 5.41) is 0. The Morgan fingerprint density at radius 3 is 2.38 bits per heavy atom. The molecule has 1 amide bonds. The zero-order chi connectivity index (χ0) is 18.8. The van der Waals surface area contributed by atoms with E-state index >= 15 is 0 Å². The summed E-state index contributed by atoms with van der Waals surface area (Å²) in [6, 6.07) is 10.4. The highest BCUT2D eigenvalue weighted by molar-refractivity contribution is 5.87. The number of hydrogen-bond donors (Lipinski definition) is 0. The Labute approximate surface area is 156 Å². The number of nitrogens with zero attached hydrogens (tertiary/aromatic N) is 2. The van der Waals surface area contributed by atoms with Gasteiger partial charge in [-0.2, -0.15) is 0 Å². The number of ether oxygens (including phenoxy) is 1. The van der Waals surface area contributed by atoms with Gasteiger partial charge < -0.3 is 9.64 Å². The molecule has 0 N–H and O–H groups in total. The maximum absolute atomic E-state index is 12.7. The van der Waals surface area contributed by atoms with Gasteiger partial charge in [-0.15, -0.1) is 0 Å². The predicted octanol–water partition coefficient (Wildman–Crippen LogP) is 3.48. The van der Waals surface area contributed by atoms with Crippen LogP contribution in [0.3, 0.4) is 0 Å². The van der Waals surface area contributed by atoms with Crippen LogP contribution in [0, 0.1) is 5.41 Å². The fraction of sp³-hybridized carbons (Fsp3) is 0.619. The van der Waals surface area contributed by atoms with Gasteiger partial charge in [-0.25, -0.2) is 4.79 Å². The van der Waals surface area contributed by atoms with Crippen LogP contribution < -0.4 is 0 Å². The Kier molecular flexibility index (Phi) is 5.37. The van der Waals surface area contributed by atoms with Crippen LogP contribution in [-0.2, 0) is 16.1 Å². The van der Waals surface area contributed by atoms with Gasteiger partial charge >= 0.3 is 6.09 Å². The van der Waals surface area contributed by atoms with Gasteiger partial charge in [-0.1, -0.05) is 30.3 Å². The lowest BCUT2D eigenvalue weighted by Gasteiger charge is -2.46.